The van der Waals surface area contributed by atoms with Crippen LogP contribution in [0.5, 0.6) is 0 Å². The van der Waals surface area contributed by atoms with E-state index in [0.717, 1.165) is 11.1 Å². The molecule has 3 N–H and O–H groups in total. The molecule has 4 bridgehead atoms. The van der Waals surface area contributed by atoms with Crippen molar-refractivity contribution in [2.24, 2.45) is 11.8 Å². The van der Waals surface area contributed by atoms with Gasteiger partial charge >= 0.3 is 5.97 Å². The molecule has 46 heavy (non-hydrogen) atoms. The van der Waals surface area contributed by atoms with Crippen LogP contribution in [0.4, 0.5) is 0 Å². The Kier molecular flexibility index (Phi) is 12.8. The number of allylic oxidation sites excluding steroid dienone is 1. The number of amides is 3. The summed E-state index contributed by atoms with van der Waals surface area (Å²) in [5.74, 6) is -2.55. The molecule has 6 atom stereocenters. The number of carbonyl (C=O) groups is 4. The number of ether oxygens (including phenoxy) is 1. The lowest BCUT2D eigenvalue weighted by Gasteiger charge is -2.40. The third-order valence-corrected chi connectivity index (χ3v) is 14.0. The number of cyclic esters (lactones) is 1. The first kappa shape index (κ1) is 37.4. The van der Waals surface area contributed by atoms with Crippen LogP contribution in [0, 0.1) is 11.8 Å². The Balaban J connectivity index is 1.95. The molecule has 1 saturated heterocycles. The fourth-order valence-corrected chi connectivity index (χ4v) is 6.81. The Labute approximate surface area is 276 Å². The van der Waals surface area contributed by atoms with Gasteiger partial charge < -0.3 is 19.8 Å². The molecule has 11 heteroatoms. The SMILES string of the molecule is CC(C)[C@@H]1OC(=O)[C@H](C)[C@H](O[Si](C)(C)C(C)(C)C)CC/C=C/c2cccc(c2)[C@@H](C)NC(=O)[C@@H]2CCCN(N2)C(=O)[C@H](C)NC1=O. The third kappa shape index (κ3) is 9.74. The van der Waals surface area contributed by atoms with Crippen molar-refractivity contribution in [3.8, 4) is 0 Å². The van der Waals surface area contributed by atoms with Gasteiger partial charge in [-0.15, -0.1) is 0 Å². The van der Waals surface area contributed by atoms with E-state index < -0.39 is 50.4 Å². The zero-order valence-corrected chi connectivity index (χ0v) is 30.4. The molecular weight excluding hydrogens is 600 g/mol. The Bertz CT molecular complexity index is 1280. The molecule has 3 rings (SSSR count). The van der Waals surface area contributed by atoms with Gasteiger partial charge in [-0.25, -0.2) is 5.43 Å². The van der Waals surface area contributed by atoms with Gasteiger partial charge in [-0.2, -0.15) is 0 Å². The van der Waals surface area contributed by atoms with E-state index in [1.54, 1.807) is 27.7 Å². The second kappa shape index (κ2) is 15.7. The average Bonchev–Trinajstić information content (AvgIpc) is 2.99. The molecule has 0 spiro atoms. The zero-order valence-electron chi connectivity index (χ0n) is 29.4. The number of rotatable bonds is 3. The van der Waals surface area contributed by atoms with E-state index in [2.05, 4.69) is 62.1 Å². The van der Waals surface area contributed by atoms with E-state index in [1.165, 1.54) is 5.01 Å². The molecular formula is C35H56N4O6Si. The van der Waals surface area contributed by atoms with E-state index in [-0.39, 0.29) is 28.8 Å². The highest BCUT2D eigenvalue weighted by Gasteiger charge is 2.42. The molecule has 0 saturated carbocycles. The van der Waals surface area contributed by atoms with Gasteiger partial charge in [0.25, 0.3) is 11.8 Å². The number of fused-ring (bicyclic) bond motifs is 4. The van der Waals surface area contributed by atoms with Gasteiger partial charge in [0.1, 0.15) is 12.1 Å². The lowest BCUT2D eigenvalue weighted by Crippen LogP contribution is -2.61. The first-order valence-electron chi connectivity index (χ1n) is 16.7. The lowest BCUT2D eigenvalue weighted by molar-refractivity contribution is -0.165. The van der Waals surface area contributed by atoms with Gasteiger partial charge in [0.15, 0.2) is 14.4 Å². The Morgan fingerprint density at radius 3 is 2.30 bits per heavy atom. The summed E-state index contributed by atoms with van der Waals surface area (Å²) < 4.78 is 12.7. The fraction of sp³-hybridized carbons (Fsp3) is 0.657. The fourth-order valence-electron chi connectivity index (χ4n) is 5.38. The monoisotopic (exact) mass is 656 g/mol. The van der Waals surface area contributed by atoms with Gasteiger partial charge in [-0.1, -0.05) is 65.0 Å². The van der Waals surface area contributed by atoms with E-state index >= 15 is 0 Å². The van der Waals surface area contributed by atoms with E-state index in [9.17, 15) is 19.2 Å². The van der Waals surface area contributed by atoms with Crippen LogP contribution in [-0.4, -0.2) is 67.9 Å². The zero-order chi connectivity index (χ0) is 34.4. The van der Waals surface area contributed by atoms with Gasteiger partial charge in [0.2, 0.25) is 5.91 Å². The van der Waals surface area contributed by atoms with E-state index in [4.69, 9.17) is 9.16 Å². The second-order valence-corrected chi connectivity index (χ2v) is 19.5. The van der Waals surface area contributed by atoms with Crippen molar-refractivity contribution in [2.45, 2.75) is 130 Å². The summed E-state index contributed by atoms with van der Waals surface area (Å²) in [6.07, 6.45) is 5.11. The maximum atomic E-state index is 13.6. The number of nitrogens with zero attached hydrogens (tertiary/aromatic N) is 1. The number of hydrogen-bond donors (Lipinski definition) is 3. The summed E-state index contributed by atoms with van der Waals surface area (Å²) in [6.45, 7) is 20.2. The Morgan fingerprint density at radius 2 is 1.65 bits per heavy atom. The van der Waals surface area contributed by atoms with Crippen molar-refractivity contribution in [3.63, 3.8) is 0 Å². The highest BCUT2D eigenvalue weighted by atomic mass is 28.4. The molecule has 2 heterocycles. The first-order chi connectivity index (χ1) is 21.4. The van der Waals surface area contributed by atoms with Crippen molar-refractivity contribution in [1.29, 1.82) is 0 Å². The maximum absolute atomic E-state index is 13.6. The van der Waals surface area contributed by atoms with Crippen molar-refractivity contribution in [1.82, 2.24) is 21.1 Å². The van der Waals surface area contributed by atoms with Crippen LogP contribution in [-0.2, 0) is 28.3 Å². The second-order valence-electron chi connectivity index (χ2n) is 14.7. The number of esters is 1. The summed E-state index contributed by atoms with van der Waals surface area (Å²) in [4.78, 5) is 53.7. The van der Waals surface area contributed by atoms with Gasteiger partial charge in [0, 0.05) is 6.54 Å². The Hall–Kier alpha value is -3.02. The van der Waals surface area contributed by atoms with Crippen LogP contribution in [0.25, 0.3) is 6.08 Å². The average molecular weight is 657 g/mol. The predicted octanol–water partition coefficient (Wildman–Crippen LogP) is 5.27. The quantitative estimate of drug-likeness (QED) is 0.299. The molecule has 256 valence electrons. The van der Waals surface area contributed by atoms with Crippen LogP contribution in [0.15, 0.2) is 30.3 Å². The minimum atomic E-state index is -2.26. The van der Waals surface area contributed by atoms with E-state index in [1.807, 2.05) is 31.2 Å². The van der Waals surface area contributed by atoms with Crippen molar-refractivity contribution < 1.29 is 28.3 Å². The van der Waals surface area contributed by atoms with Crippen molar-refractivity contribution >= 4 is 38.1 Å². The summed E-state index contributed by atoms with van der Waals surface area (Å²) in [5, 5.41) is 7.18. The molecule has 2 aliphatic rings. The largest absolute Gasteiger partial charge is 0.452 e. The Morgan fingerprint density at radius 1 is 0.978 bits per heavy atom. The standard InChI is InChI=1S/C35H56N4O6Si/c1-22(2)30-32(41)37-25(5)33(42)39-20-14-18-28(38-39)31(40)36-24(4)27-17-13-16-26(21-27)15-11-12-19-29(23(3)34(43)44-30)45-46(9,10)35(6,7)8/h11,13,15-17,21-25,28-30,38H,12,14,18-20H2,1-10H3,(H,36,40)(H,37,41)/b15-11+/t23-,24-,25+,28+,29-,30+/m1/s1. The summed E-state index contributed by atoms with van der Waals surface area (Å²) in [5.41, 5.74) is 5.03. The number of nitrogens with one attached hydrogen (secondary N) is 3. The van der Waals surface area contributed by atoms with Crippen molar-refractivity contribution in [2.75, 3.05) is 6.54 Å². The number of hydrogen-bond acceptors (Lipinski definition) is 7. The normalized spacial score (nSPS) is 28.8. The molecule has 0 radical (unpaired) electrons. The molecule has 10 nitrogen and oxygen atoms in total. The van der Waals surface area contributed by atoms with E-state index in [0.29, 0.717) is 32.2 Å². The summed E-state index contributed by atoms with van der Waals surface area (Å²) >= 11 is 0. The molecule has 0 aromatic heterocycles. The van der Waals surface area contributed by atoms with Crippen LogP contribution in [0.3, 0.4) is 0 Å². The smallest absolute Gasteiger partial charge is 0.312 e. The first-order valence-corrected chi connectivity index (χ1v) is 19.6. The molecule has 0 unspecified atom stereocenters. The van der Waals surface area contributed by atoms with Crippen LogP contribution >= 0.6 is 0 Å². The minimum absolute atomic E-state index is 0.0634. The van der Waals surface area contributed by atoms with Gasteiger partial charge in [-0.05, 0) is 87.7 Å². The summed E-state index contributed by atoms with van der Waals surface area (Å²) in [7, 11) is -2.26. The number of carbonyl (C=O) groups excluding carboxylic acids is 4. The third-order valence-electron chi connectivity index (χ3n) is 9.48. The molecule has 1 aromatic carbocycles. The number of hydrazine groups is 1. The number of benzene rings is 1. The van der Waals surface area contributed by atoms with Crippen molar-refractivity contribution in [3.05, 3.63) is 41.5 Å². The highest BCUT2D eigenvalue weighted by Crippen LogP contribution is 2.39. The lowest BCUT2D eigenvalue weighted by atomic mass is 9.99. The topological polar surface area (TPSA) is 126 Å². The molecule has 1 aromatic rings. The van der Waals surface area contributed by atoms with Crippen LogP contribution < -0.4 is 16.1 Å². The molecule has 2 aliphatic heterocycles. The molecule has 1 fully saturated rings. The van der Waals surface area contributed by atoms with Crippen LogP contribution in [0.1, 0.15) is 98.2 Å². The predicted molar refractivity (Wildman–Crippen MR) is 183 cm³/mol. The summed E-state index contributed by atoms with van der Waals surface area (Å²) in [6, 6.07) is 6.29. The molecule has 3 amide bonds. The van der Waals surface area contributed by atoms with Crippen LogP contribution in [0.2, 0.25) is 18.1 Å². The molecule has 0 aliphatic carbocycles. The van der Waals surface area contributed by atoms with Gasteiger partial charge in [0.05, 0.1) is 18.1 Å². The van der Waals surface area contributed by atoms with Gasteiger partial charge in [-0.3, -0.25) is 24.2 Å². The maximum Gasteiger partial charge on any atom is 0.312 e. The minimum Gasteiger partial charge on any atom is -0.452 e. The highest BCUT2D eigenvalue weighted by molar-refractivity contribution is 6.74.